The highest BCUT2D eigenvalue weighted by atomic mass is 16.3. The van der Waals surface area contributed by atoms with Crippen molar-refractivity contribution >= 4 is 0 Å². The Kier molecular flexibility index (Phi) is 5.07. The molecule has 0 atom stereocenters. The van der Waals surface area contributed by atoms with Crippen LogP contribution < -0.4 is 0 Å². The van der Waals surface area contributed by atoms with Crippen LogP contribution in [0.15, 0.2) is 0 Å². The van der Waals surface area contributed by atoms with Crippen molar-refractivity contribution in [2.75, 3.05) is 19.6 Å². The minimum Gasteiger partial charge on any atom is -0.389 e. The zero-order chi connectivity index (χ0) is 11.1. The molecule has 0 radical (unpaired) electrons. The SMILES string of the molecule is CCCN(CC#N)CC1(O)CCCCC1. The monoisotopic (exact) mass is 210 g/mol. The maximum absolute atomic E-state index is 10.3. The Hall–Kier alpha value is -0.590. The molecule has 0 saturated heterocycles. The first kappa shape index (κ1) is 12.5. The molecule has 1 saturated carbocycles. The molecule has 3 heteroatoms. The Balaban J connectivity index is 2.44. The van der Waals surface area contributed by atoms with Crippen LogP contribution in [0, 0.1) is 11.3 Å². The lowest BCUT2D eigenvalue weighted by Gasteiger charge is -2.36. The van der Waals surface area contributed by atoms with Crippen LogP contribution in [0.3, 0.4) is 0 Å². The van der Waals surface area contributed by atoms with E-state index in [9.17, 15) is 5.11 Å². The summed E-state index contributed by atoms with van der Waals surface area (Å²) in [6.07, 6.45) is 6.34. The summed E-state index contributed by atoms with van der Waals surface area (Å²) >= 11 is 0. The summed E-state index contributed by atoms with van der Waals surface area (Å²) in [4.78, 5) is 2.07. The van der Waals surface area contributed by atoms with Crippen LogP contribution in [0.4, 0.5) is 0 Å². The summed E-state index contributed by atoms with van der Waals surface area (Å²) in [5, 5.41) is 19.0. The fourth-order valence-electron chi connectivity index (χ4n) is 2.41. The first-order chi connectivity index (χ1) is 7.20. The summed E-state index contributed by atoms with van der Waals surface area (Å²) in [5.74, 6) is 0. The molecule has 0 aliphatic heterocycles. The highest BCUT2D eigenvalue weighted by Gasteiger charge is 2.30. The number of nitrogens with zero attached hydrogens (tertiary/aromatic N) is 2. The molecule has 1 N–H and O–H groups in total. The molecule has 0 heterocycles. The highest BCUT2D eigenvalue weighted by molar-refractivity contribution is 4.88. The van der Waals surface area contributed by atoms with Crippen molar-refractivity contribution < 1.29 is 5.11 Å². The van der Waals surface area contributed by atoms with Gasteiger partial charge in [-0.3, -0.25) is 4.90 Å². The molecule has 86 valence electrons. The third kappa shape index (κ3) is 4.19. The number of aliphatic hydroxyl groups is 1. The van der Waals surface area contributed by atoms with Crippen molar-refractivity contribution in [3.05, 3.63) is 0 Å². The Morgan fingerprint density at radius 1 is 1.33 bits per heavy atom. The minimum absolute atomic E-state index is 0.441. The van der Waals surface area contributed by atoms with E-state index in [0.717, 1.165) is 38.6 Å². The van der Waals surface area contributed by atoms with E-state index in [4.69, 9.17) is 5.26 Å². The molecule has 0 aromatic heterocycles. The van der Waals surface area contributed by atoms with Gasteiger partial charge in [0.2, 0.25) is 0 Å². The van der Waals surface area contributed by atoms with Crippen molar-refractivity contribution in [1.29, 1.82) is 5.26 Å². The van der Waals surface area contributed by atoms with E-state index in [1.54, 1.807) is 0 Å². The smallest absolute Gasteiger partial charge is 0.0866 e. The molecule has 0 aromatic carbocycles. The summed E-state index contributed by atoms with van der Waals surface area (Å²) in [5.41, 5.74) is -0.524. The van der Waals surface area contributed by atoms with E-state index in [2.05, 4.69) is 17.9 Å². The van der Waals surface area contributed by atoms with E-state index >= 15 is 0 Å². The van der Waals surface area contributed by atoms with E-state index in [1.807, 2.05) is 0 Å². The molecule has 15 heavy (non-hydrogen) atoms. The van der Waals surface area contributed by atoms with Gasteiger partial charge in [0.15, 0.2) is 0 Å². The van der Waals surface area contributed by atoms with Crippen LogP contribution in [0.25, 0.3) is 0 Å². The predicted octanol–water partition coefficient (Wildman–Crippen LogP) is 1.92. The van der Waals surface area contributed by atoms with Crippen LogP contribution >= 0.6 is 0 Å². The largest absolute Gasteiger partial charge is 0.389 e. The van der Waals surface area contributed by atoms with Crippen molar-refractivity contribution in [3.63, 3.8) is 0 Å². The second kappa shape index (κ2) is 6.09. The second-order valence-electron chi connectivity index (χ2n) is 4.65. The van der Waals surface area contributed by atoms with E-state index < -0.39 is 5.60 Å². The second-order valence-corrected chi connectivity index (χ2v) is 4.65. The van der Waals surface area contributed by atoms with Crippen molar-refractivity contribution in [2.24, 2.45) is 0 Å². The molecule has 0 aromatic rings. The fourth-order valence-corrected chi connectivity index (χ4v) is 2.41. The van der Waals surface area contributed by atoms with Gasteiger partial charge in [0, 0.05) is 6.54 Å². The molecule has 1 aliphatic rings. The molecule has 0 spiro atoms. The van der Waals surface area contributed by atoms with Gasteiger partial charge in [-0.25, -0.2) is 0 Å². The Bertz CT molecular complexity index is 216. The zero-order valence-corrected chi connectivity index (χ0v) is 9.71. The van der Waals surface area contributed by atoms with Gasteiger partial charge in [-0.2, -0.15) is 5.26 Å². The van der Waals surface area contributed by atoms with Crippen LogP contribution in [-0.2, 0) is 0 Å². The van der Waals surface area contributed by atoms with Gasteiger partial charge in [-0.1, -0.05) is 26.2 Å². The van der Waals surface area contributed by atoms with E-state index in [0.29, 0.717) is 13.1 Å². The normalized spacial score (nSPS) is 20.1. The average Bonchev–Trinajstić information content (AvgIpc) is 2.19. The molecule has 1 aliphatic carbocycles. The highest BCUT2D eigenvalue weighted by Crippen LogP contribution is 2.28. The molecule has 0 unspecified atom stereocenters. The maximum atomic E-state index is 10.3. The van der Waals surface area contributed by atoms with Crippen molar-refractivity contribution in [3.8, 4) is 6.07 Å². The van der Waals surface area contributed by atoms with Crippen molar-refractivity contribution in [1.82, 2.24) is 4.90 Å². The lowest BCUT2D eigenvalue weighted by atomic mass is 9.84. The predicted molar refractivity (Wildman–Crippen MR) is 60.4 cm³/mol. The Morgan fingerprint density at radius 2 is 2.00 bits per heavy atom. The Morgan fingerprint density at radius 3 is 2.53 bits per heavy atom. The van der Waals surface area contributed by atoms with Gasteiger partial charge in [-0.15, -0.1) is 0 Å². The number of hydrogen-bond acceptors (Lipinski definition) is 3. The van der Waals surface area contributed by atoms with Crippen LogP contribution in [0.1, 0.15) is 45.4 Å². The maximum Gasteiger partial charge on any atom is 0.0866 e. The van der Waals surface area contributed by atoms with Gasteiger partial charge in [0.1, 0.15) is 0 Å². The third-order valence-corrected chi connectivity index (χ3v) is 3.14. The summed E-state index contributed by atoms with van der Waals surface area (Å²) in [7, 11) is 0. The Labute approximate surface area is 92.7 Å². The number of rotatable bonds is 5. The summed E-state index contributed by atoms with van der Waals surface area (Å²) in [6, 6.07) is 2.17. The van der Waals surface area contributed by atoms with Gasteiger partial charge in [-0.05, 0) is 25.8 Å². The lowest BCUT2D eigenvalue weighted by molar-refractivity contribution is -0.0235. The molecule has 1 rings (SSSR count). The van der Waals surface area contributed by atoms with Crippen LogP contribution in [0.5, 0.6) is 0 Å². The molecular weight excluding hydrogens is 188 g/mol. The summed E-state index contributed by atoms with van der Waals surface area (Å²) in [6.45, 7) is 4.13. The van der Waals surface area contributed by atoms with Gasteiger partial charge < -0.3 is 5.11 Å². The minimum atomic E-state index is -0.524. The fraction of sp³-hybridized carbons (Fsp3) is 0.917. The molecular formula is C12H22N2O. The average molecular weight is 210 g/mol. The summed E-state index contributed by atoms with van der Waals surface area (Å²) < 4.78 is 0. The molecule has 0 amide bonds. The van der Waals surface area contributed by atoms with Gasteiger partial charge >= 0.3 is 0 Å². The molecule has 3 nitrogen and oxygen atoms in total. The van der Waals surface area contributed by atoms with Crippen LogP contribution in [-0.4, -0.2) is 35.2 Å². The van der Waals surface area contributed by atoms with Crippen molar-refractivity contribution in [2.45, 2.75) is 51.0 Å². The first-order valence-corrected chi connectivity index (χ1v) is 6.02. The molecule has 1 fully saturated rings. The number of hydrogen-bond donors (Lipinski definition) is 1. The van der Waals surface area contributed by atoms with Gasteiger partial charge in [0.05, 0.1) is 18.2 Å². The van der Waals surface area contributed by atoms with Gasteiger partial charge in [0.25, 0.3) is 0 Å². The van der Waals surface area contributed by atoms with E-state index in [1.165, 1.54) is 6.42 Å². The van der Waals surface area contributed by atoms with Crippen LogP contribution in [0.2, 0.25) is 0 Å². The number of nitriles is 1. The lowest BCUT2D eigenvalue weighted by Crippen LogP contribution is -2.44. The first-order valence-electron chi connectivity index (χ1n) is 6.02. The van der Waals surface area contributed by atoms with E-state index in [-0.39, 0.29) is 0 Å². The topological polar surface area (TPSA) is 47.3 Å². The zero-order valence-electron chi connectivity index (χ0n) is 9.71. The third-order valence-electron chi connectivity index (χ3n) is 3.14. The quantitative estimate of drug-likeness (QED) is 0.705. The molecule has 0 bridgehead atoms. The standard InChI is InChI=1S/C12H22N2O/c1-2-9-14(10-8-13)11-12(15)6-4-3-5-7-12/h15H,2-7,9-11H2,1H3.